The average Bonchev–Trinajstić information content (AvgIpc) is 2.24. The summed E-state index contributed by atoms with van der Waals surface area (Å²) in [5.41, 5.74) is 0. The standard InChI is InChI=1S/C10H8O8S2.K/c11-6-1-5-2-9(19(13,14)15)10(20(16,17)18)4-7(5)8(12)3-6;/h1-4,11-12H,(H,13,14,15)(H,16,17,18);/q;+1. The molecule has 0 aliphatic carbocycles. The second-order valence-corrected chi connectivity index (χ2v) is 6.72. The Bertz CT molecular complexity index is 918. The van der Waals surface area contributed by atoms with Crippen molar-refractivity contribution in [2.45, 2.75) is 9.79 Å². The zero-order valence-electron chi connectivity index (χ0n) is 10.5. The van der Waals surface area contributed by atoms with Gasteiger partial charge in [0.1, 0.15) is 21.3 Å². The van der Waals surface area contributed by atoms with Gasteiger partial charge in [0.15, 0.2) is 0 Å². The number of aromatic hydroxyl groups is 2. The predicted molar refractivity (Wildman–Crippen MR) is 66.9 cm³/mol. The molecule has 0 aliphatic rings. The predicted octanol–water partition coefficient (Wildman–Crippen LogP) is -2.25. The molecule has 0 saturated carbocycles. The summed E-state index contributed by atoms with van der Waals surface area (Å²) in [5.74, 6) is -0.914. The number of fused-ring (bicyclic) bond motifs is 1. The van der Waals surface area contributed by atoms with Crippen molar-refractivity contribution in [3.05, 3.63) is 24.3 Å². The summed E-state index contributed by atoms with van der Waals surface area (Å²) in [7, 11) is -9.88. The minimum atomic E-state index is -4.95. The van der Waals surface area contributed by atoms with Crippen LogP contribution in [0, 0.1) is 0 Å². The van der Waals surface area contributed by atoms with Gasteiger partial charge in [0.25, 0.3) is 20.2 Å². The molecule has 4 N–H and O–H groups in total. The van der Waals surface area contributed by atoms with Gasteiger partial charge in [-0.05, 0) is 23.6 Å². The molecule has 0 aromatic heterocycles. The molecular weight excluding hydrogens is 351 g/mol. The first kappa shape index (κ1) is 18.8. The second kappa shape index (κ2) is 6.10. The monoisotopic (exact) mass is 359 g/mol. The molecule has 0 saturated heterocycles. The summed E-state index contributed by atoms with van der Waals surface area (Å²) in [5, 5.41) is 18.7. The van der Waals surface area contributed by atoms with Crippen LogP contribution in [-0.2, 0) is 20.2 Å². The molecular formula is C10H8KO8S2+. The molecule has 0 aliphatic heterocycles. The summed E-state index contributed by atoms with van der Waals surface area (Å²) in [6, 6.07) is 3.36. The Hall–Kier alpha value is -0.244. The van der Waals surface area contributed by atoms with E-state index in [9.17, 15) is 27.0 Å². The molecule has 2 aromatic carbocycles. The fourth-order valence-electron chi connectivity index (χ4n) is 1.74. The van der Waals surface area contributed by atoms with Gasteiger partial charge in [-0.25, -0.2) is 0 Å². The Morgan fingerprint density at radius 2 is 1.24 bits per heavy atom. The third-order valence-corrected chi connectivity index (χ3v) is 4.45. The molecule has 0 spiro atoms. The summed E-state index contributed by atoms with van der Waals surface area (Å²) in [6.07, 6.45) is 0. The van der Waals surface area contributed by atoms with E-state index in [1.807, 2.05) is 0 Å². The molecule has 0 radical (unpaired) electrons. The second-order valence-electron chi connectivity index (χ2n) is 3.94. The van der Waals surface area contributed by atoms with Crippen LogP contribution in [-0.4, -0.2) is 36.2 Å². The number of hydrogen-bond donors (Lipinski definition) is 4. The number of hydrogen-bond acceptors (Lipinski definition) is 6. The van der Waals surface area contributed by atoms with Crippen LogP contribution in [0.2, 0.25) is 0 Å². The molecule has 2 aromatic rings. The first-order valence-electron chi connectivity index (χ1n) is 4.95. The van der Waals surface area contributed by atoms with E-state index >= 15 is 0 Å². The fourth-order valence-corrected chi connectivity index (χ4v) is 3.54. The van der Waals surface area contributed by atoms with Crippen LogP contribution in [0.3, 0.4) is 0 Å². The van der Waals surface area contributed by atoms with Gasteiger partial charge < -0.3 is 10.2 Å². The van der Waals surface area contributed by atoms with E-state index in [0.29, 0.717) is 12.1 Å². The smallest absolute Gasteiger partial charge is 0.508 e. The number of rotatable bonds is 2. The summed E-state index contributed by atoms with van der Waals surface area (Å²) >= 11 is 0. The van der Waals surface area contributed by atoms with E-state index in [4.69, 9.17) is 9.11 Å². The Labute approximate surface area is 162 Å². The van der Waals surface area contributed by atoms with E-state index in [1.165, 1.54) is 0 Å². The Morgan fingerprint density at radius 1 is 0.762 bits per heavy atom. The van der Waals surface area contributed by atoms with Crippen molar-refractivity contribution in [2.75, 3.05) is 0 Å². The van der Waals surface area contributed by atoms with E-state index in [2.05, 4.69) is 0 Å². The first-order valence-corrected chi connectivity index (χ1v) is 7.83. The molecule has 21 heavy (non-hydrogen) atoms. The van der Waals surface area contributed by atoms with Gasteiger partial charge in [-0.15, -0.1) is 0 Å². The van der Waals surface area contributed by atoms with Crippen molar-refractivity contribution in [2.24, 2.45) is 0 Å². The molecule has 11 heteroatoms. The third-order valence-electron chi connectivity index (χ3n) is 2.54. The maximum atomic E-state index is 11.2. The van der Waals surface area contributed by atoms with Crippen LogP contribution >= 0.6 is 0 Å². The number of phenolic OH excluding ortho intramolecular Hbond substituents is 2. The Balaban J connectivity index is 0.00000220. The third kappa shape index (κ3) is 3.94. The Kier molecular flexibility index (Phi) is 5.46. The van der Waals surface area contributed by atoms with Crippen LogP contribution in [0.15, 0.2) is 34.1 Å². The van der Waals surface area contributed by atoms with Gasteiger partial charge in [-0.1, -0.05) is 0 Å². The Morgan fingerprint density at radius 3 is 1.71 bits per heavy atom. The summed E-state index contributed by atoms with van der Waals surface area (Å²) in [4.78, 5) is -2.13. The molecule has 0 heterocycles. The van der Waals surface area contributed by atoms with Gasteiger partial charge >= 0.3 is 51.4 Å². The zero-order chi connectivity index (χ0) is 15.3. The molecule has 8 nitrogen and oxygen atoms in total. The topological polar surface area (TPSA) is 149 Å². The van der Waals surface area contributed by atoms with Gasteiger partial charge in [0.2, 0.25) is 0 Å². The molecule has 2 rings (SSSR count). The summed E-state index contributed by atoms with van der Waals surface area (Å²) < 4.78 is 62.7. The van der Waals surface area contributed by atoms with E-state index < -0.39 is 41.5 Å². The van der Waals surface area contributed by atoms with Crippen molar-refractivity contribution >= 4 is 31.0 Å². The van der Waals surface area contributed by atoms with Crippen LogP contribution in [0.4, 0.5) is 0 Å². The van der Waals surface area contributed by atoms with Crippen LogP contribution < -0.4 is 51.4 Å². The van der Waals surface area contributed by atoms with Crippen molar-refractivity contribution in [3.63, 3.8) is 0 Å². The van der Waals surface area contributed by atoms with Crippen molar-refractivity contribution in [1.82, 2.24) is 0 Å². The molecule has 0 atom stereocenters. The SMILES string of the molecule is O=S(=O)(O)c1cc2cc(O)cc(O)c2cc1S(=O)(=O)O.[K+]. The van der Waals surface area contributed by atoms with E-state index in [1.54, 1.807) is 0 Å². The molecule has 0 amide bonds. The fraction of sp³-hybridized carbons (Fsp3) is 0. The van der Waals surface area contributed by atoms with Gasteiger partial charge in [0.05, 0.1) is 0 Å². The van der Waals surface area contributed by atoms with Crippen molar-refractivity contribution < 1.29 is 87.5 Å². The number of phenols is 2. The van der Waals surface area contributed by atoms with Crippen LogP contribution in [0.5, 0.6) is 11.5 Å². The van der Waals surface area contributed by atoms with Crippen LogP contribution in [0.25, 0.3) is 10.8 Å². The van der Waals surface area contributed by atoms with Crippen molar-refractivity contribution in [1.29, 1.82) is 0 Å². The molecule has 0 fully saturated rings. The molecule has 108 valence electrons. The van der Waals surface area contributed by atoms with Crippen molar-refractivity contribution in [3.8, 4) is 11.5 Å². The first-order chi connectivity index (χ1) is 9.00. The van der Waals surface area contributed by atoms with E-state index in [-0.39, 0.29) is 62.2 Å². The molecule has 0 unspecified atom stereocenters. The quantitative estimate of drug-likeness (QED) is 0.347. The minimum Gasteiger partial charge on any atom is -0.508 e. The normalized spacial score (nSPS) is 12.1. The maximum Gasteiger partial charge on any atom is 1.00 e. The van der Waals surface area contributed by atoms with Gasteiger partial charge in [0, 0.05) is 11.5 Å². The van der Waals surface area contributed by atoms with E-state index in [0.717, 1.165) is 12.1 Å². The van der Waals surface area contributed by atoms with Gasteiger partial charge in [-0.2, -0.15) is 16.8 Å². The minimum absolute atomic E-state index is 0. The van der Waals surface area contributed by atoms with Crippen LogP contribution in [0.1, 0.15) is 0 Å². The maximum absolute atomic E-state index is 11.2. The molecule has 0 bridgehead atoms. The average molecular weight is 359 g/mol. The number of benzene rings is 2. The largest absolute Gasteiger partial charge is 1.00 e. The summed E-state index contributed by atoms with van der Waals surface area (Å²) in [6.45, 7) is 0. The zero-order valence-corrected chi connectivity index (χ0v) is 15.3. The van der Waals surface area contributed by atoms with Gasteiger partial charge in [-0.3, -0.25) is 9.11 Å².